The molecule has 0 saturated carbocycles. The summed E-state index contributed by atoms with van der Waals surface area (Å²) in [6.07, 6.45) is 0. The Morgan fingerprint density at radius 3 is 1.43 bits per heavy atom. The number of benzene rings is 11. The van der Waals surface area contributed by atoms with Crippen LogP contribution in [-0.4, -0.2) is 0 Å². The second-order valence-corrected chi connectivity index (χ2v) is 13.6. The molecule has 0 aliphatic rings. The highest BCUT2D eigenvalue weighted by Crippen LogP contribution is 2.47. The smallest absolute Gasteiger partial charge is 0.143 e. The van der Waals surface area contributed by atoms with Crippen LogP contribution < -0.4 is 0 Å². The maximum absolute atomic E-state index is 7.01. The number of fused-ring (bicyclic) bond motifs is 5. The van der Waals surface area contributed by atoms with E-state index in [1.54, 1.807) is 0 Å². The van der Waals surface area contributed by atoms with E-state index in [1.165, 1.54) is 86.7 Å². The summed E-state index contributed by atoms with van der Waals surface area (Å²) >= 11 is 0. The quantitative estimate of drug-likeness (QED) is 0.176. The van der Waals surface area contributed by atoms with Crippen molar-refractivity contribution in [1.82, 2.24) is 0 Å². The van der Waals surface area contributed by atoms with Crippen molar-refractivity contribution < 1.29 is 4.42 Å². The van der Waals surface area contributed by atoms with Gasteiger partial charge in [0.15, 0.2) is 0 Å². The SMILES string of the molecule is c1ccc2c(c1)ccc1c3cc(-c4ccc5ccc6cccc7ccc4c5c67)cc(-c4ccc5ccc6cccc7ccc4c5c67)c3oc21. The van der Waals surface area contributed by atoms with E-state index >= 15 is 0 Å². The first-order valence-corrected chi connectivity index (χ1v) is 17.0. The van der Waals surface area contributed by atoms with Crippen LogP contribution in [-0.2, 0) is 0 Å². The van der Waals surface area contributed by atoms with Gasteiger partial charge in [0.2, 0.25) is 0 Å². The fourth-order valence-electron chi connectivity index (χ4n) is 8.92. The van der Waals surface area contributed by atoms with Gasteiger partial charge in [-0.3, -0.25) is 0 Å². The molecule has 0 spiro atoms. The van der Waals surface area contributed by atoms with Crippen molar-refractivity contribution in [2.45, 2.75) is 0 Å². The highest BCUT2D eigenvalue weighted by molar-refractivity contribution is 6.28. The van der Waals surface area contributed by atoms with Gasteiger partial charge in [-0.05, 0) is 105 Å². The Kier molecular flexibility index (Phi) is 4.77. The van der Waals surface area contributed by atoms with E-state index in [4.69, 9.17) is 4.42 Å². The highest BCUT2D eigenvalue weighted by atomic mass is 16.3. The van der Waals surface area contributed by atoms with Crippen LogP contribution in [0.25, 0.3) is 120 Å². The molecular weight excluding hydrogens is 593 g/mol. The maximum atomic E-state index is 7.01. The first-order valence-electron chi connectivity index (χ1n) is 17.0. The Hall–Kier alpha value is -6.44. The van der Waals surface area contributed by atoms with Gasteiger partial charge < -0.3 is 4.42 Å². The summed E-state index contributed by atoms with van der Waals surface area (Å²) in [7, 11) is 0. The van der Waals surface area contributed by atoms with Gasteiger partial charge in [-0.2, -0.15) is 0 Å². The Labute approximate surface area is 280 Å². The largest absolute Gasteiger partial charge is 0.455 e. The van der Waals surface area contributed by atoms with Crippen molar-refractivity contribution in [2.24, 2.45) is 0 Å². The van der Waals surface area contributed by atoms with Gasteiger partial charge in [-0.1, -0.05) is 140 Å². The number of hydrogen-bond acceptors (Lipinski definition) is 1. The lowest BCUT2D eigenvalue weighted by molar-refractivity contribution is 0.674. The van der Waals surface area contributed by atoms with E-state index in [0.717, 1.165) is 32.9 Å². The first kappa shape index (κ1) is 25.6. The Bertz CT molecular complexity index is 3290. The molecule has 0 bridgehead atoms. The van der Waals surface area contributed by atoms with Gasteiger partial charge in [0.05, 0.1) is 0 Å². The molecule has 0 unspecified atom stereocenters. The Morgan fingerprint density at radius 1 is 0.265 bits per heavy atom. The lowest BCUT2D eigenvalue weighted by atomic mass is 9.86. The minimum atomic E-state index is 0.933. The third-order valence-corrected chi connectivity index (χ3v) is 11.1. The van der Waals surface area contributed by atoms with Crippen molar-refractivity contribution in [1.29, 1.82) is 0 Å². The molecule has 1 aromatic heterocycles. The maximum Gasteiger partial charge on any atom is 0.143 e. The normalized spacial score (nSPS) is 12.5. The predicted octanol–water partition coefficient (Wildman–Crippen LogP) is 13.9. The number of hydrogen-bond donors (Lipinski definition) is 0. The fraction of sp³-hybridized carbons (Fsp3) is 0. The lowest BCUT2D eigenvalue weighted by Crippen LogP contribution is -1.90. The zero-order chi connectivity index (χ0) is 31.8. The molecule has 11 aromatic carbocycles. The van der Waals surface area contributed by atoms with E-state index in [0.29, 0.717) is 0 Å². The average Bonchev–Trinajstić information content (AvgIpc) is 3.55. The molecule has 12 rings (SSSR count). The third kappa shape index (κ3) is 3.34. The second-order valence-electron chi connectivity index (χ2n) is 13.6. The van der Waals surface area contributed by atoms with E-state index in [1.807, 2.05) is 0 Å². The van der Waals surface area contributed by atoms with Crippen molar-refractivity contribution in [2.75, 3.05) is 0 Å². The Morgan fingerprint density at radius 2 is 0.755 bits per heavy atom. The van der Waals surface area contributed by atoms with Crippen LogP contribution in [0.5, 0.6) is 0 Å². The molecule has 0 radical (unpaired) electrons. The third-order valence-electron chi connectivity index (χ3n) is 11.1. The van der Waals surface area contributed by atoms with Crippen molar-refractivity contribution >= 4 is 97.3 Å². The second kappa shape index (κ2) is 9.13. The molecule has 1 nitrogen and oxygen atoms in total. The molecule has 12 aromatic rings. The fourth-order valence-corrected chi connectivity index (χ4v) is 8.92. The molecule has 49 heavy (non-hydrogen) atoms. The minimum Gasteiger partial charge on any atom is -0.455 e. The van der Waals surface area contributed by atoms with E-state index in [9.17, 15) is 0 Å². The summed E-state index contributed by atoms with van der Waals surface area (Å²) in [6, 6.07) is 58.4. The van der Waals surface area contributed by atoms with Crippen LogP contribution in [0, 0.1) is 0 Å². The number of rotatable bonds is 2. The summed E-state index contributed by atoms with van der Waals surface area (Å²) in [5.41, 5.74) is 6.63. The molecule has 0 saturated heterocycles. The Balaban J connectivity index is 1.24. The van der Waals surface area contributed by atoms with Gasteiger partial charge in [0, 0.05) is 21.7 Å². The molecule has 0 aliphatic carbocycles. The van der Waals surface area contributed by atoms with Crippen LogP contribution >= 0.6 is 0 Å². The molecule has 1 heterocycles. The summed E-state index contributed by atoms with van der Waals surface area (Å²) in [6.45, 7) is 0. The lowest BCUT2D eigenvalue weighted by Gasteiger charge is -2.17. The van der Waals surface area contributed by atoms with Crippen molar-refractivity contribution in [3.8, 4) is 22.3 Å². The predicted molar refractivity (Wildman–Crippen MR) is 210 cm³/mol. The standard InChI is InChI=1S/C48H26O/c1-2-10-36-27(5-1)15-24-40-42-26-34(35-20-16-32-13-11-28-6-3-8-30-18-22-38(35)45(32)43(28)30)25-41(48(42)49-47(36)40)37-21-17-33-14-12-29-7-4-9-31-19-23-39(37)46(33)44(29)31/h1-26H. The van der Waals surface area contributed by atoms with Crippen molar-refractivity contribution in [3.63, 3.8) is 0 Å². The van der Waals surface area contributed by atoms with Gasteiger partial charge in [0.25, 0.3) is 0 Å². The first-order chi connectivity index (χ1) is 24.3. The van der Waals surface area contributed by atoms with Crippen LogP contribution in [0.2, 0.25) is 0 Å². The summed E-state index contributed by atoms with van der Waals surface area (Å²) < 4.78 is 7.01. The molecule has 0 N–H and O–H groups in total. The van der Waals surface area contributed by atoms with Crippen LogP contribution in [0.15, 0.2) is 162 Å². The van der Waals surface area contributed by atoms with E-state index in [2.05, 4.69) is 158 Å². The molecule has 0 atom stereocenters. The monoisotopic (exact) mass is 618 g/mol. The molecule has 224 valence electrons. The number of furan rings is 1. The average molecular weight is 619 g/mol. The topological polar surface area (TPSA) is 13.1 Å². The van der Waals surface area contributed by atoms with Crippen LogP contribution in [0.1, 0.15) is 0 Å². The molecule has 0 fully saturated rings. The van der Waals surface area contributed by atoms with Crippen molar-refractivity contribution in [3.05, 3.63) is 158 Å². The van der Waals surface area contributed by atoms with E-state index in [-0.39, 0.29) is 0 Å². The van der Waals surface area contributed by atoms with Gasteiger partial charge in [-0.15, -0.1) is 0 Å². The minimum absolute atomic E-state index is 0.933. The summed E-state index contributed by atoms with van der Waals surface area (Å²) in [4.78, 5) is 0. The van der Waals surface area contributed by atoms with Crippen LogP contribution in [0.3, 0.4) is 0 Å². The van der Waals surface area contributed by atoms with E-state index < -0.39 is 0 Å². The molecule has 0 amide bonds. The molecular formula is C48H26O. The van der Waals surface area contributed by atoms with Gasteiger partial charge in [-0.25, -0.2) is 0 Å². The molecule has 0 aliphatic heterocycles. The summed E-state index contributed by atoms with van der Waals surface area (Å²) in [5.74, 6) is 0. The zero-order valence-electron chi connectivity index (χ0n) is 26.4. The molecule has 1 heteroatoms. The highest BCUT2D eigenvalue weighted by Gasteiger charge is 2.21. The van der Waals surface area contributed by atoms with Gasteiger partial charge >= 0.3 is 0 Å². The van der Waals surface area contributed by atoms with Crippen LogP contribution in [0.4, 0.5) is 0 Å². The summed E-state index contributed by atoms with van der Waals surface area (Å²) in [5, 5.41) is 20.1. The van der Waals surface area contributed by atoms with Gasteiger partial charge in [0.1, 0.15) is 11.2 Å². The zero-order valence-corrected chi connectivity index (χ0v) is 26.4.